The number of pyridine rings is 1. The van der Waals surface area contributed by atoms with E-state index in [1.165, 1.54) is 0 Å². The van der Waals surface area contributed by atoms with Crippen molar-refractivity contribution < 1.29 is 14.6 Å². The Labute approximate surface area is 187 Å². The molecular formula is C25H28N2O3S. The molecule has 2 aromatic carbocycles. The first-order valence-electron chi connectivity index (χ1n) is 10.5. The Morgan fingerprint density at radius 1 is 0.935 bits per heavy atom. The second kappa shape index (κ2) is 10.4. The van der Waals surface area contributed by atoms with Crippen LogP contribution in [0, 0.1) is 5.92 Å². The molecule has 162 valence electrons. The van der Waals surface area contributed by atoms with Crippen LogP contribution < -0.4 is 5.73 Å². The standard InChI is InChI=1S/C25H28N2O3S/c1-17-22(16-31-23-4-2-3-13-27-23)29-25(21-11-5-18(14-26)6-12-21)30-24(17)20-9-7-19(15-28)8-10-20/h2-13,17,22,24-25,28H,14-16,26H2,1H3/t17-,22+,24+,25+/m0/s1. The van der Waals surface area contributed by atoms with Gasteiger partial charge in [-0.05, 0) is 28.8 Å². The molecule has 1 aromatic heterocycles. The lowest BCUT2D eigenvalue weighted by Gasteiger charge is -2.41. The Balaban J connectivity index is 1.58. The summed E-state index contributed by atoms with van der Waals surface area (Å²) in [6.07, 6.45) is 1.22. The van der Waals surface area contributed by atoms with E-state index >= 15 is 0 Å². The van der Waals surface area contributed by atoms with E-state index in [1.807, 2.05) is 72.9 Å². The van der Waals surface area contributed by atoms with E-state index in [0.29, 0.717) is 6.54 Å². The van der Waals surface area contributed by atoms with Crippen molar-refractivity contribution in [3.8, 4) is 0 Å². The van der Waals surface area contributed by atoms with Gasteiger partial charge >= 0.3 is 0 Å². The number of aliphatic hydroxyl groups is 1. The Morgan fingerprint density at radius 2 is 1.65 bits per heavy atom. The third-order valence-electron chi connectivity index (χ3n) is 5.64. The number of hydrogen-bond donors (Lipinski definition) is 2. The van der Waals surface area contributed by atoms with Gasteiger partial charge in [0, 0.05) is 30.0 Å². The number of benzene rings is 2. The third kappa shape index (κ3) is 5.34. The van der Waals surface area contributed by atoms with Crippen LogP contribution in [0.5, 0.6) is 0 Å². The fraction of sp³-hybridized carbons (Fsp3) is 0.320. The number of nitrogens with two attached hydrogens (primary N) is 1. The molecule has 0 spiro atoms. The highest BCUT2D eigenvalue weighted by Gasteiger charge is 2.38. The van der Waals surface area contributed by atoms with Gasteiger partial charge in [-0.1, -0.05) is 61.5 Å². The van der Waals surface area contributed by atoms with E-state index in [4.69, 9.17) is 15.2 Å². The second-order valence-corrected chi connectivity index (χ2v) is 8.79. The number of hydrogen-bond acceptors (Lipinski definition) is 6. The third-order valence-corrected chi connectivity index (χ3v) is 6.68. The maximum Gasteiger partial charge on any atom is 0.184 e. The minimum Gasteiger partial charge on any atom is -0.392 e. The van der Waals surface area contributed by atoms with Gasteiger partial charge in [-0.15, -0.1) is 11.8 Å². The van der Waals surface area contributed by atoms with Crippen molar-refractivity contribution in [1.82, 2.24) is 4.98 Å². The van der Waals surface area contributed by atoms with Crippen LogP contribution in [0.15, 0.2) is 78.0 Å². The fourth-order valence-electron chi connectivity index (χ4n) is 3.72. The molecule has 1 saturated heterocycles. The Morgan fingerprint density at radius 3 is 2.29 bits per heavy atom. The average molecular weight is 437 g/mol. The molecule has 2 heterocycles. The van der Waals surface area contributed by atoms with Crippen LogP contribution in [0.2, 0.25) is 0 Å². The first-order chi connectivity index (χ1) is 15.2. The quantitative estimate of drug-likeness (QED) is 0.527. The summed E-state index contributed by atoms with van der Waals surface area (Å²) < 4.78 is 12.9. The molecule has 3 aromatic rings. The van der Waals surface area contributed by atoms with E-state index < -0.39 is 6.29 Å². The molecule has 0 unspecified atom stereocenters. The van der Waals surface area contributed by atoms with Crippen LogP contribution in [0.1, 0.15) is 41.6 Å². The summed E-state index contributed by atoms with van der Waals surface area (Å²) >= 11 is 1.70. The molecule has 6 heteroatoms. The molecular weight excluding hydrogens is 408 g/mol. The summed E-state index contributed by atoms with van der Waals surface area (Å²) in [7, 11) is 0. The highest BCUT2D eigenvalue weighted by atomic mass is 32.2. The predicted octanol–water partition coefficient (Wildman–Crippen LogP) is 4.62. The van der Waals surface area contributed by atoms with Gasteiger partial charge in [0.1, 0.15) is 0 Å². The summed E-state index contributed by atoms with van der Waals surface area (Å²) in [5.74, 6) is 0.931. The molecule has 0 amide bonds. The minimum absolute atomic E-state index is 0.0116. The van der Waals surface area contributed by atoms with Crippen LogP contribution >= 0.6 is 11.8 Å². The molecule has 0 aliphatic carbocycles. The molecule has 1 fully saturated rings. The van der Waals surface area contributed by atoms with Crippen molar-refractivity contribution >= 4 is 11.8 Å². The smallest absolute Gasteiger partial charge is 0.184 e. The molecule has 4 atom stereocenters. The van der Waals surface area contributed by atoms with E-state index in [1.54, 1.807) is 11.8 Å². The molecule has 0 radical (unpaired) electrons. The Bertz CT molecular complexity index is 951. The molecule has 31 heavy (non-hydrogen) atoms. The molecule has 0 bridgehead atoms. The van der Waals surface area contributed by atoms with Gasteiger partial charge in [-0.3, -0.25) is 0 Å². The lowest BCUT2D eigenvalue weighted by atomic mass is 9.91. The van der Waals surface area contributed by atoms with Crippen molar-refractivity contribution in [1.29, 1.82) is 0 Å². The van der Waals surface area contributed by atoms with E-state index in [-0.39, 0.29) is 24.7 Å². The zero-order chi connectivity index (χ0) is 21.6. The normalized spacial score (nSPS) is 23.6. The lowest BCUT2D eigenvalue weighted by Crippen LogP contribution is -2.38. The zero-order valence-electron chi connectivity index (χ0n) is 17.6. The Kier molecular flexibility index (Phi) is 7.37. The van der Waals surface area contributed by atoms with Crippen molar-refractivity contribution in [2.75, 3.05) is 5.75 Å². The van der Waals surface area contributed by atoms with Gasteiger partial charge in [-0.25, -0.2) is 4.98 Å². The van der Waals surface area contributed by atoms with E-state index in [2.05, 4.69) is 11.9 Å². The summed E-state index contributed by atoms with van der Waals surface area (Å²) in [6.45, 7) is 2.71. The van der Waals surface area contributed by atoms with Crippen molar-refractivity contribution in [3.63, 3.8) is 0 Å². The monoisotopic (exact) mass is 436 g/mol. The first kappa shape index (κ1) is 22.0. The van der Waals surface area contributed by atoms with Crippen LogP contribution in [0.3, 0.4) is 0 Å². The topological polar surface area (TPSA) is 77.6 Å². The summed E-state index contributed by atoms with van der Waals surface area (Å²) in [5, 5.41) is 10.4. The van der Waals surface area contributed by atoms with Crippen molar-refractivity contribution in [2.45, 2.75) is 43.6 Å². The number of aliphatic hydroxyl groups excluding tert-OH is 1. The predicted molar refractivity (Wildman–Crippen MR) is 122 cm³/mol. The largest absolute Gasteiger partial charge is 0.392 e. The van der Waals surface area contributed by atoms with Crippen LogP contribution in [0.25, 0.3) is 0 Å². The van der Waals surface area contributed by atoms with E-state index in [0.717, 1.165) is 33.0 Å². The van der Waals surface area contributed by atoms with Crippen molar-refractivity contribution in [3.05, 3.63) is 95.2 Å². The summed E-state index contributed by atoms with van der Waals surface area (Å²) in [6, 6.07) is 22.0. The van der Waals surface area contributed by atoms with Gasteiger partial charge in [0.2, 0.25) is 0 Å². The number of rotatable bonds is 7. The maximum absolute atomic E-state index is 9.38. The van der Waals surface area contributed by atoms with Crippen molar-refractivity contribution in [2.24, 2.45) is 11.7 Å². The molecule has 0 saturated carbocycles. The molecule has 3 N–H and O–H groups in total. The average Bonchev–Trinajstić information content (AvgIpc) is 2.84. The molecule has 1 aliphatic heterocycles. The number of ether oxygens (including phenoxy) is 2. The highest BCUT2D eigenvalue weighted by Crippen LogP contribution is 2.42. The van der Waals surface area contributed by atoms with Gasteiger partial charge in [-0.2, -0.15) is 0 Å². The highest BCUT2D eigenvalue weighted by molar-refractivity contribution is 7.99. The van der Waals surface area contributed by atoms with E-state index in [9.17, 15) is 5.11 Å². The second-order valence-electron chi connectivity index (χ2n) is 7.75. The fourth-order valence-corrected chi connectivity index (χ4v) is 4.75. The van der Waals surface area contributed by atoms with Gasteiger partial charge in [0.15, 0.2) is 6.29 Å². The number of thioether (sulfide) groups is 1. The van der Waals surface area contributed by atoms with Gasteiger partial charge in [0.25, 0.3) is 0 Å². The SMILES string of the molecule is C[C@H]1[C@@H](CSc2ccccn2)O[C@@H](c2ccc(CN)cc2)O[C@H]1c1ccc(CO)cc1. The Hall–Kier alpha value is -2.22. The lowest BCUT2D eigenvalue weighted by molar-refractivity contribution is -0.268. The van der Waals surface area contributed by atoms with Gasteiger partial charge < -0.3 is 20.3 Å². The maximum atomic E-state index is 9.38. The van der Waals surface area contributed by atoms with Crippen LogP contribution in [-0.4, -0.2) is 21.9 Å². The summed E-state index contributed by atoms with van der Waals surface area (Å²) in [4.78, 5) is 4.42. The summed E-state index contributed by atoms with van der Waals surface area (Å²) in [5.41, 5.74) is 9.78. The van der Waals surface area contributed by atoms with Crippen LogP contribution in [-0.2, 0) is 22.6 Å². The zero-order valence-corrected chi connectivity index (χ0v) is 18.4. The number of aromatic nitrogens is 1. The van der Waals surface area contributed by atoms with Crippen LogP contribution in [0.4, 0.5) is 0 Å². The molecule has 5 nitrogen and oxygen atoms in total. The number of nitrogens with zero attached hydrogens (tertiary/aromatic N) is 1. The molecule has 1 aliphatic rings. The first-order valence-corrected chi connectivity index (χ1v) is 11.5. The minimum atomic E-state index is -0.458. The van der Waals surface area contributed by atoms with Gasteiger partial charge in [0.05, 0.1) is 23.8 Å². The molecule has 4 rings (SSSR count).